The van der Waals surface area contributed by atoms with Crippen LogP contribution in [0.4, 0.5) is 0 Å². The van der Waals surface area contributed by atoms with E-state index in [1.54, 1.807) is 31.4 Å². The van der Waals surface area contributed by atoms with Gasteiger partial charge in [-0.05, 0) is 17.7 Å². The van der Waals surface area contributed by atoms with Crippen molar-refractivity contribution in [3.8, 4) is 5.75 Å². The van der Waals surface area contributed by atoms with Crippen molar-refractivity contribution < 1.29 is 14.3 Å². The van der Waals surface area contributed by atoms with Crippen LogP contribution in [-0.4, -0.2) is 19.5 Å². The molecule has 0 radical (unpaired) electrons. The zero-order valence-electron chi connectivity index (χ0n) is 8.32. The zero-order chi connectivity index (χ0) is 10.8. The Morgan fingerprint density at radius 3 is 2.87 bits per heavy atom. The third-order valence-electron chi connectivity index (χ3n) is 2.24. The number of hydrogen-bond acceptors (Lipinski definition) is 4. The molecule has 2 rings (SSSR count). The highest BCUT2D eigenvalue weighted by atomic mass is 16.5. The Labute approximate surface area is 87.3 Å². The van der Waals surface area contributed by atoms with E-state index >= 15 is 0 Å². The molecule has 2 N–H and O–H groups in total. The summed E-state index contributed by atoms with van der Waals surface area (Å²) in [6, 6.07) is 7.17. The zero-order valence-corrected chi connectivity index (χ0v) is 8.32. The first kappa shape index (κ1) is 9.58. The lowest BCUT2D eigenvalue weighted by Gasteiger charge is -2.03. The van der Waals surface area contributed by atoms with Crippen LogP contribution in [0.1, 0.15) is 5.56 Å². The van der Waals surface area contributed by atoms with E-state index in [2.05, 4.69) is 0 Å². The summed E-state index contributed by atoms with van der Waals surface area (Å²) in [5.74, 6) is 0.779. The van der Waals surface area contributed by atoms with Gasteiger partial charge in [-0.3, -0.25) is 4.79 Å². The number of ketones is 1. The van der Waals surface area contributed by atoms with Gasteiger partial charge in [-0.15, -0.1) is 0 Å². The molecule has 1 aliphatic rings. The van der Waals surface area contributed by atoms with E-state index in [-0.39, 0.29) is 18.3 Å². The van der Waals surface area contributed by atoms with Crippen LogP contribution in [0, 0.1) is 0 Å². The van der Waals surface area contributed by atoms with Crippen molar-refractivity contribution >= 4 is 11.4 Å². The summed E-state index contributed by atoms with van der Waals surface area (Å²) in [6.45, 7) is 0.0262. The number of benzene rings is 1. The lowest BCUT2D eigenvalue weighted by atomic mass is 10.0. The summed E-state index contributed by atoms with van der Waals surface area (Å²) < 4.78 is 10.0. The van der Waals surface area contributed by atoms with Crippen molar-refractivity contribution in [1.82, 2.24) is 0 Å². The lowest BCUT2D eigenvalue weighted by molar-refractivity contribution is -0.115. The van der Waals surface area contributed by atoms with Crippen LogP contribution in [0.2, 0.25) is 0 Å². The Balaban J connectivity index is 2.45. The van der Waals surface area contributed by atoms with Crippen molar-refractivity contribution in [2.24, 2.45) is 5.73 Å². The molecule has 0 amide bonds. The SMILES string of the molecule is COc1cccc(C2=C(N)OCC2=O)c1. The average molecular weight is 205 g/mol. The average Bonchev–Trinajstić information content (AvgIpc) is 2.59. The van der Waals surface area contributed by atoms with E-state index in [0.717, 1.165) is 5.56 Å². The number of rotatable bonds is 2. The van der Waals surface area contributed by atoms with Crippen molar-refractivity contribution in [2.45, 2.75) is 0 Å². The molecule has 0 aromatic heterocycles. The number of ether oxygens (including phenoxy) is 2. The number of Topliss-reactive ketones (excluding diaryl/α,β-unsaturated/α-hetero) is 1. The Morgan fingerprint density at radius 1 is 1.47 bits per heavy atom. The number of nitrogens with two attached hydrogens (primary N) is 1. The normalized spacial score (nSPS) is 15.4. The van der Waals surface area contributed by atoms with Gasteiger partial charge in [0.2, 0.25) is 5.78 Å². The van der Waals surface area contributed by atoms with Crippen LogP contribution in [0.3, 0.4) is 0 Å². The molecule has 0 atom stereocenters. The van der Waals surface area contributed by atoms with Crippen LogP contribution < -0.4 is 10.5 Å². The first-order valence-electron chi connectivity index (χ1n) is 4.52. The molecular weight excluding hydrogens is 194 g/mol. The van der Waals surface area contributed by atoms with E-state index in [1.807, 2.05) is 0 Å². The van der Waals surface area contributed by atoms with Gasteiger partial charge in [0.25, 0.3) is 0 Å². The van der Waals surface area contributed by atoms with E-state index in [1.165, 1.54) is 0 Å². The molecule has 1 aromatic rings. The van der Waals surface area contributed by atoms with Gasteiger partial charge >= 0.3 is 0 Å². The molecule has 0 spiro atoms. The van der Waals surface area contributed by atoms with Gasteiger partial charge in [0.1, 0.15) is 5.75 Å². The van der Waals surface area contributed by atoms with Gasteiger partial charge in [-0.2, -0.15) is 0 Å². The first-order valence-corrected chi connectivity index (χ1v) is 4.52. The van der Waals surface area contributed by atoms with Gasteiger partial charge < -0.3 is 15.2 Å². The molecular formula is C11H11NO3. The summed E-state index contributed by atoms with van der Waals surface area (Å²) in [7, 11) is 1.57. The van der Waals surface area contributed by atoms with Gasteiger partial charge in [0, 0.05) is 0 Å². The minimum atomic E-state index is -0.0965. The number of carbonyl (C=O) groups excluding carboxylic acids is 1. The van der Waals surface area contributed by atoms with E-state index in [0.29, 0.717) is 11.3 Å². The number of carbonyl (C=O) groups is 1. The van der Waals surface area contributed by atoms with Crippen molar-refractivity contribution in [2.75, 3.05) is 13.7 Å². The summed E-state index contributed by atoms with van der Waals surface area (Å²) in [6.07, 6.45) is 0. The van der Waals surface area contributed by atoms with Gasteiger partial charge in [0.15, 0.2) is 12.5 Å². The molecule has 0 saturated heterocycles. The first-order chi connectivity index (χ1) is 7.22. The topological polar surface area (TPSA) is 61.6 Å². The van der Waals surface area contributed by atoms with Gasteiger partial charge in [-0.1, -0.05) is 12.1 Å². The molecule has 0 aliphatic carbocycles. The Hall–Kier alpha value is -1.97. The van der Waals surface area contributed by atoms with Crippen LogP contribution in [0.5, 0.6) is 5.75 Å². The highest BCUT2D eigenvalue weighted by Gasteiger charge is 2.24. The van der Waals surface area contributed by atoms with Crippen LogP contribution in [-0.2, 0) is 9.53 Å². The maximum absolute atomic E-state index is 11.5. The Morgan fingerprint density at radius 2 is 2.27 bits per heavy atom. The second kappa shape index (κ2) is 3.65. The molecule has 0 saturated carbocycles. The van der Waals surface area contributed by atoms with E-state index in [4.69, 9.17) is 15.2 Å². The third-order valence-corrected chi connectivity index (χ3v) is 2.24. The summed E-state index contributed by atoms with van der Waals surface area (Å²) in [5.41, 5.74) is 6.76. The predicted octanol–water partition coefficient (Wildman–Crippen LogP) is 0.922. The predicted molar refractivity (Wildman–Crippen MR) is 55.1 cm³/mol. The van der Waals surface area contributed by atoms with Crippen LogP contribution in [0.25, 0.3) is 5.57 Å². The third kappa shape index (κ3) is 1.66. The molecule has 1 aromatic carbocycles. The minimum absolute atomic E-state index is 0.0262. The number of hydrogen-bond donors (Lipinski definition) is 1. The van der Waals surface area contributed by atoms with Crippen molar-refractivity contribution in [3.63, 3.8) is 0 Å². The lowest BCUT2D eigenvalue weighted by Crippen LogP contribution is -2.01. The Kier molecular flexibility index (Phi) is 2.33. The fraction of sp³-hybridized carbons (Fsp3) is 0.182. The molecule has 0 bridgehead atoms. The molecule has 15 heavy (non-hydrogen) atoms. The van der Waals surface area contributed by atoms with Crippen molar-refractivity contribution in [1.29, 1.82) is 0 Å². The summed E-state index contributed by atoms with van der Waals surface area (Å²) >= 11 is 0. The second-order valence-electron chi connectivity index (χ2n) is 3.18. The molecule has 1 aliphatic heterocycles. The van der Waals surface area contributed by atoms with Crippen LogP contribution >= 0.6 is 0 Å². The summed E-state index contributed by atoms with van der Waals surface area (Å²) in [5, 5.41) is 0. The molecule has 0 fully saturated rings. The molecule has 4 heteroatoms. The van der Waals surface area contributed by atoms with Crippen molar-refractivity contribution in [3.05, 3.63) is 35.7 Å². The highest BCUT2D eigenvalue weighted by Crippen LogP contribution is 2.26. The summed E-state index contributed by atoms with van der Waals surface area (Å²) in [4.78, 5) is 11.5. The number of methoxy groups -OCH3 is 1. The van der Waals surface area contributed by atoms with Gasteiger partial charge in [-0.25, -0.2) is 0 Å². The van der Waals surface area contributed by atoms with E-state index in [9.17, 15) is 4.79 Å². The fourth-order valence-corrected chi connectivity index (χ4v) is 1.51. The molecule has 4 nitrogen and oxygen atoms in total. The second-order valence-corrected chi connectivity index (χ2v) is 3.18. The Bertz CT molecular complexity index is 437. The molecule has 78 valence electrons. The maximum atomic E-state index is 11.5. The monoisotopic (exact) mass is 205 g/mol. The molecule has 1 heterocycles. The quantitative estimate of drug-likeness (QED) is 0.779. The van der Waals surface area contributed by atoms with Gasteiger partial charge in [0.05, 0.1) is 12.7 Å². The molecule has 0 unspecified atom stereocenters. The largest absolute Gasteiger partial charge is 0.497 e. The highest BCUT2D eigenvalue weighted by molar-refractivity contribution is 6.23. The smallest absolute Gasteiger partial charge is 0.206 e. The standard InChI is InChI=1S/C11H11NO3/c1-14-8-4-2-3-7(5-8)10-9(13)6-15-11(10)12/h2-5H,6,12H2,1H3. The fourth-order valence-electron chi connectivity index (χ4n) is 1.51. The van der Waals surface area contributed by atoms with E-state index < -0.39 is 0 Å². The van der Waals surface area contributed by atoms with Crippen LogP contribution in [0.15, 0.2) is 30.1 Å². The minimum Gasteiger partial charge on any atom is -0.497 e. The maximum Gasteiger partial charge on any atom is 0.206 e.